The molecule has 0 saturated carbocycles. The van der Waals surface area contributed by atoms with Gasteiger partial charge in [-0.05, 0) is 29.7 Å². The van der Waals surface area contributed by atoms with E-state index in [1.807, 2.05) is 24.3 Å². The molecular weight excluding hydrogens is 304 g/mol. The van der Waals surface area contributed by atoms with Crippen LogP contribution in [0.2, 0.25) is 0 Å². The predicted molar refractivity (Wildman–Crippen MR) is 93.7 cm³/mol. The normalized spacial score (nSPS) is 10.2. The highest BCUT2D eigenvalue weighted by Gasteiger charge is 2.09. The summed E-state index contributed by atoms with van der Waals surface area (Å²) in [5, 5.41) is 11.5. The van der Waals surface area contributed by atoms with Crippen molar-refractivity contribution in [3.8, 4) is 11.1 Å². The van der Waals surface area contributed by atoms with Crippen LogP contribution in [-0.4, -0.2) is 35.6 Å². The van der Waals surface area contributed by atoms with Crippen molar-refractivity contribution < 1.29 is 14.7 Å². The van der Waals surface area contributed by atoms with Crippen molar-refractivity contribution in [2.24, 2.45) is 0 Å². The second kappa shape index (κ2) is 8.15. The summed E-state index contributed by atoms with van der Waals surface area (Å²) >= 11 is 0. The van der Waals surface area contributed by atoms with Gasteiger partial charge in [0.05, 0.1) is 6.42 Å². The van der Waals surface area contributed by atoms with Crippen molar-refractivity contribution in [1.82, 2.24) is 10.2 Å². The third-order valence-corrected chi connectivity index (χ3v) is 3.76. The summed E-state index contributed by atoms with van der Waals surface area (Å²) in [5.74, 6) is -0.916. The first-order valence-electron chi connectivity index (χ1n) is 7.82. The SMILES string of the molecule is Cc1ccc(-c2cccc(CNC(=O)N(C)CCC(=O)O)c2)cc1. The van der Waals surface area contributed by atoms with Crippen LogP contribution < -0.4 is 5.32 Å². The quantitative estimate of drug-likeness (QED) is 0.856. The van der Waals surface area contributed by atoms with Crippen molar-refractivity contribution in [3.63, 3.8) is 0 Å². The van der Waals surface area contributed by atoms with Gasteiger partial charge in [-0.15, -0.1) is 0 Å². The van der Waals surface area contributed by atoms with E-state index in [-0.39, 0.29) is 19.0 Å². The molecule has 5 nitrogen and oxygen atoms in total. The molecule has 126 valence electrons. The molecule has 5 heteroatoms. The fourth-order valence-corrected chi connectivity index (χ4v) is 2.28. The van der Waals surface area contributed by atoms with E-state index < -0.39 is 5.97 Å². The molecule has 0 aliphatic rings. The minimum absolute atomic E-state index is 0.0627. The molecule has 0 aromatic heterocycles. The van der Waals surface area contributed by atoms with Crippen LogP contribution in [-0.2, 0) is 11.3 Å². The molecule has 0 spiro atoms. The molecule has 24 heavy (non-hydrogen) atoms. The first kappa shape index (κ1) is 17.5. The zero-order chi connectivity index (χ0) is 17.5. The monoisotopic (exact) mass is 326 g/mol. The lowest BCUT2D eigenvalue weighted by Gasteiger charge is -2.17. The molecule has 2 amide bonds. The standard InChI is InChI=1S/C19H22N2O3/c1-14-6-8-16(9-7-14)17-5-3-4-15(12-17)13-20-19(24)21(2)11-10-18(22)23/h3-9,12H,10-11,13H2,1-2H3,(H,20,24)(H,22,23). The molecule has 0 aliphatic heterocycles. The number of carboxylic acids is 1. The summed E-state index contributed by atoms with van der Waals surface area (Å²) in [5.41, 5.74) is 4.44. The van der Waals surface area contributed by atoms with Crippen LogP contribution in [0.4, 0.5) is 4.79 Å². The molecule has 2 aromatic rings. The largest absolute Gasteiger partial charge is 0.481 e. The number of benzene rings is 2. The van der Waals surface area contributed by atoms with Gasteiger partial charge in [0.25, 0.3) is 0 Å². The van der Waals surface area contributed by atoms with Crippen LogP contribution in [0.25, 0.3) is 11.1 Å². The molecule has 0 unspecified atom stereocenters. The molecule has 0 bridgehead atoms. The van der Waals surface area contributed by atoms with Crippen molar-refractivity contribution in [3.05, 3.63) is 59.7 Å². The smallest absolute Gasteiger partial charge is 0.317 e. The number of nitrogens with one attached hydrogen (secondary N) is 1. The average molecular weight is 326 g/mol. The Kier molecular flexibility index (Phi) is 5.95. The van der Waals surface area contributed by atoms with Gasteiger partial charge in [-0.1, -0.05) is 48.0 Å². The van der Waals surface area contributed by atoms with Gasteiger partial charge in [0.1, 0.15) is 0 Å². The molecule has 2 aromatic carbocycles. The highest BCUT2D eigenvalue weighted by Crippen LogP contribution is 2.20. The van der Waals surface area contributed by atoms with Crippen LogP contribution in [0.15, 0.2) is 48.5 Å². The number of hydrogen-bond donors (Lipinski definition) is 2. The lowest BCUT2D eigenvalue weighted by Crippen LogP contribution is -2.37. The van der Waals surface area contributed by atoms with E-state index in [0.717, 1.165) is 16.7 Å². The lowest BCUT2D eigenvalue weighted by atomic mass is 10.0. The van der Waals surface area contributed by atoms with Crippen molar-refractivity contribution in [1.29, 1.82) is 0 Å². The van der Waals surface area contributed by atoms with E-state index in [1.165, 1.54) is 10.5 Å². The summed E-state index contributed by atoms with van der Waals surface area (Å²) in [6.45, 7) is 2.64. The molecular formula is C19H22N2O3. The third kappa shape index (κ3) is 5.12. The Morgan fingerprint density at radius 3 is 2.46 bits per heavy atom. The Hall–Kier alpha value is -2.82. The number of urea groups is 1. The minimum atomic E-state index is -0.916. The van der Waals surface area contributed by atoms with Gasteiger partial charge in [-0.3, -0.25) is 4.79 Å². The number of carbonyl (C=O) groups is 2. The Balaban J connectivity index is 1.96. The van der Waals surface area contributed by atoms with E-state index in [0.29, 0.717) is 6.54 Å². The van der Waals surface area contributed by atoms with Crippen LogP contribution in [0.5, 0.6) is 0 Å². The van der Waals surface area contributed by atoms with Gasteiger partial charge in [0.15, 0.2) is 0 Å². The maximum absolute atomic E-state index is 11.9. The number of rotatable bonds is 6. The van der Waals surface area contributed by atoms with Gasteiger partial charge in [-0.25, -0.2) is 4.79 Å². The third-order valence-electron chi connectivity index (χ3n) is 3.76. The first-order valence-corrected chi connectivity index (χ1v) is 7.82. The Morgan fingerprint density at radius 1 is 1.08 bits per heavy atom. The zero-order valence-corrected chi connectivity index (χ0v) is 14.0. The lowest BCUT2D eigenvalue weighted by molar-refractivity contribution is -0.137. The summed E-state index contributed by atoms with van der Waals surface area (Å²) in [6.07, 6.45) is -0.0627. The highest BCUT2D eigenvalue weighted by molar-refractivity contribution is 5.75. The molecule has 0 radical (unpaired) electrons. The minimum Gasteiger partial charge on any atom is -0.481 e. The number of amides is 2. The molecule has 0 atom stereocenters. The van der Waals surface area contributed by atoms with E-state index in [1.54, 1.807) is 7.05 Å². The number of carbonyl (C=O) groups excluding carboxylic acids is 1. The summed E-state index contributed by atoms with van der Waals surface area (Å²) in [7, 11) is 1.58. The Bertz CT molecular complexity index is 711. The van der Waals surface area contributed by atoms with Gasteiger partial charge < -0.3 is 15.3 Å². The zero-order valence-electron chi connectivity index (χ0n) is 14.0. The fraction of sp³-hybridized carbons (Fsp3) is 0.263. The van der Waals surface area contributed by atoms with Crippen molar-refractivity contribution in [2.45, 2.75) is 19.9 Å². The van der Waals surface area contributed by atoms with Crippen LogP contribution in [0.1, 0.15) is 17.5 Å². The molecule has 0 saturated heterocycles. The van der Waals surface area contributed by atoms with Gasteiger partial charge >= 0.3 is 12.0 Å². The van der Waals surface area contributed by atoms with E-state index in [4.69, 9.17) is 5.11 Å². The summed E-state index contributed by atoms with van der Waals surface area (Å²) in [4.78, 5) is 23.9. The molecule has 0 fully saturated rings. The number of nitrogens with zero attached hydrogens (tertiary/aromatic N) is 1. The second-order valence-corrected chi connectivity index (χ2v) is 5.79. The maximum Gasteiger partial charge on any atom is 0.317 e. The summed E-state index contributed by atoms with van der Waals surface area (Å²) < 4.78 is 0. The first-order chi connectivity index (χ1) is 11.5. The van der Waals surface area contributed by atoms with E-state index >= 15 is 0 Å². The topological polar surface area (TPSA) is 69.6 Å². The van der Waals surface area contributed by atoms with E-state index in [9.17, 15) is 9.59 Å². The number of hydrogen-bond acceptors (Lipinski definition) is 2. The summed E-state index contributed by atoms with van der Waals surface area (Å²) in [6, 6.07) is 16.0. The number of aryl methyl sites for hydroxylation is 1. The van der Waals surface area contributed by atoms with Crippen LogP contribution >= 0.6 is 0 Å². The van der Waals surface area contributed by atoms with Crippen molar-refractivity contribution >= 4 is 12.0 Å². The van der Waals surface area contributed by atoms with Crippen molar-refractivity contribution in [2.75, 3.05) is 13.6 Å². The molecule has 2 rings (SSSR count). The Morgan fingerprint density at radius 2 is 1.79 bits per heavy atom. The maximum atomic E-state index is 11.9. The molecule has 2 N–H and O–H groups in total. The molecule has 0 aliphatic carbocycles. The van der Waals surface area contributed by atoms with Gasteiger partial charge in [0.2, 0.25) is 0 Å². The number of carboxylic acid groups (broad SMARTS) is 1. The van der Waals surface area contributed by atoms with Crippen LogP contribution in [0.3, 0.4) is 0 Å². The van der Waals surface area contributed by atoms with E-state index in [2.05, 4.69) is 36.5 Å². The van der Waals surface area contributed by atoms with Crippen LogP contribution in [0, 0.1) is 6.92 Å². The fourth-order valence-electron chi connectivity index (χ4n) is 2.28. The molecule has 0 heterocycles. The van der Waals surface area contributed by atoms with Gasteiger partial charge in [-0.2, -0.15) is 0 Å². The Labute approximate surface area is 141 Å². The highest BCUT2D eigenvalue weighted by atomic mass is 16.4. The number of aliphatic carboxylic acids is 1. The van der Waals surface area contributed by atoms with Gasteiger partial charge in [0, 0.05) is 20.1 Å². The predicted octanol–water partition coefficient (Wildman–Crippen LogP) is 3.28. The average Bonchev–Trinajstić information content (AvgIpc) is 2.58. The second-order valence-electron chi connectivity index (χ2n) is 5.79.